The number of rotatable bonds is 7. The van der Waals surface area contributed by atoms with Gasteiger partial charge in [-0.1, -0.05) is 6.42 Å². The highest BCUT2D eigenvalue weighted by Gasteiger charge is 2.12. The zero-order valence-electron chi connectivity index (χ0n) is 13.7. The van der Waals surface area contributed by atoms with E-state index in [1.54, 1.807) is 24.5 Å². The van der Waals surface area contributed by atoms with Crippen LogP contribution < -0.4 is 5.32 Å². The van der Waals surface area contributed by atoms with Crippen molar-refractivity contribution in [1.82, 2.24) is 15.2 Å². The molecule has 0 radical (unpaired) electrons. The van der Waals surface area contributed by atoms with E-state index in [-0.39, 0.29) is 11.5 Å². The number of hydrogen-bond acceptors (Lipinski definition) is 5. The fourth-order valence-corrected chi connectivity index (χ4v) is 2.69. The SMILES string of the molecule is N=CC(=CC(=CO)C(=O)NCCN1CCCCC1)c1ccncc1. The smallest absolute Gasteiger partial charge is 0.254 e. The fourth-order valence-electron chi connectivity index (χ4n) is 2.69. The molecule has 1 aliphatic rings. The Labute approximate surface area is 142 Å². The van der Waals surface area contributed by atoms with E-state index in [0.717, 1.165) is 37.7 Å². The second kappa shape index (κ2) is 9.62. The number of nitrogens with one attached hydrogen (secondary N) is 2. The third-order valence-corrected chi connectivity index (χ3v) is 4.04. The molecule has 0 unspecified atom stereocenters. The number of amides is 1. The van der Waals surface area contributed by atoms with Crippen LogP contribution in [0.3, 0.4) is 0 Å². The first kappa shape index (κ1) is 17.9. The van der Waals surface area contributed by atoms with Crippen LogP contribution in [0.5, 0.6) is 0 Å². The van der Waals surface area contributed by atoms with E-state index in [9.17, 15) is 9.90 Å². The summed E-state index contributed by atoms with van der Waals surface area (Å²) in [6, 6.07) is 3.50. The van der Waals surface area contributed by atoms with Gasteiger partial charge in [-0.25, -0.2) is 0 Å². The molecule has 1 aliphatic heterocycles. The number of carbonyl (C=O) groups is 1. The summed E-state index contributed by atoms with van der Waals surface area (Å²) in [6.45, 7) is 3.52. The molecule has 1 aromatic rings. The first-order chi connectivity index (χ1) is 11.7. The molecular formula is C18H24N4O2. The van der Waals surface area contributed by atoms with Gasteiger partial charge in [0.2, 0.25) is 0 Å². The van der Waals surface area contributed by atoms with Gasteiger partial charge in [0, 0.05) is 37.3 Å². The van der Waals surface area contributed by atoms with Crippen molar-refractivity contribution < 1.29 is 9.90 Å². The minimum absolute atomic E-state index is 0.129. The molecule has 128 valence electrons. The Hall–Kier alpha value is -2.47. The van der Waals surface area contributed by atoms with Crippen molar-refractivity contribution in [2.24, 2.45) is 0 Å². The Kier molecular flexibility index (Phi) is 7.17. The van der Waals surface area contributed by atoms with Crippen LogP contribution in [0.2, 0.25) is 0 Å². The molecule has 24 heavy (non-hydrogen) atoms. The molecule has 0 aromatic carbocycles. The summed E-state index contributed by atoms with van der Waals surface area (Å²) >= 11 is 0. The summed E-state index contributed by atoms with van der Waals surface area (Å²) in [5.74, 6) is -0.345. The van der Waals surface area contributed by atoms with Gasteiger partial charge in [-0.15, -0.1) is 0 Å². The molecule has 0 saturated carbocycles. The van der Waals surface area contributed by atoms with E-state index >= 15 is 0 Å². The van der Waals surface area contributed by atoms with Gasteiger partial charge in [-0.2, -0.15) is 0 Å². The Morgan fingerprint density at radius 1 is 1.29 bits per heavy atom. The number of allylic oxidation sites excluding steroid dienone is 1. The van der Waals surface area contributed by atoms with Crippen molar-refractivity contribution in [3.8, 4) is 0 Å². The third-order valence-electron chi connectivity index (χ3n) is 4.04. The lowest BCUT2D eigenvalue weighted by molar-refractivity contribution is -0.117. The Morgan fingerprint density at radius 3 is 2.62 bits per heavy atom. The second-order valence-electron chi connectivity index (χ2n) is 5.72. The molecular weight excluding hydrogens is 304 g/mol. The summed E-state index contributed by atoms with van der Waals surface area (Å²) in [6.07, 6.45) is 10.4. The number of aliphatic hydroxyl groups excluding tert-OH is 1. The lowest BCUT2D eigenvalue weighted by Gasteiger charge is -2.26. The van der Waals surface area contributed by atoms with Crippen LogP contribution in [0.25, 0.3) is 5.57 Å². The van der Waals surface area contributed by atoms with Gasteiger partial charge in [0.05, 0.1) is 11.8 Å². The van der Waals surface area contributed by atoms with Crippen LogP contribution in [0.1, 0.15) is 24.8 Å². The van der Waals surface area contributed by atoms with E-state index < -0.39 is 0 Å². The quantitative estimate of drug-likeness (QED) is 0.310. The van der Waals surface area contributed by atoms with Gasteiger partial charge in [-0.3, -0.25) is 9.78 Å². The van der Waals surface area contributed by atoms with Crippen molar-refractivity contribution in [3.05, 3.63) is 48.0 Å². The summed E-state index contributed by atoms with van der Waals surface area (Å²) in [4.78, 5) is 18.5. The average molecular weight is 328 g/mol. The van der Waals surface area contributed by atoms with Crippen LogP contribution >= 0.6 is 0 Å². The molecule has 1 aromatic heterocycles. The summed E-state index contributed by atoms with van der Waals surface area (Å²) in [7, 11) is 0. The maximum atomic E-state index is 12.2. The predicted molar refractivity (Wildman–Crippen MR) is 95.0 cm³/mol. The maximum Gasteiger partial charge on any atom is 0.254 e. The lowest BCUT2D eigenvalue weighted by Crippen LogP contribution is -2.38. The van der Waals surface area contributed by atoms with Gasteiger partial charge in [-0.05, 0) is 49.7 Å². The number of aliphatic hydroxyl groups is 1. The highest BCUT2D eigenvalue weighted by Crippen LogP contribution is 2.14. The van der Waals surface area contributed by atoms with E-state index in [0.29, 0.717) is 12.1 Å². The number of carbonyl (C=O) groups excluding carboxylic acids is 1. The standard InChI is InChI=1S/C18H24N4O2/c19-13-16(15-4-6-20-7-5-15)12-17(14-23)18(24)21-8-11-22-9-2-1-3-10-22/h4-7,12-14,19,23H,1-3,8-11H2,(H,21,24). The molecule has 6 heteroatoms. The highest BCUT2D eigenvalue weighted by atomic mass is 16.2. The number of pyridine rings is 1. The number of piperidine rings is 1. The molecule has 1 fully saturated rings. The monoisotopic (exact) mass is 328 g/mol. The van der Waals surface area contributed by atoms with Gasteiger partial charge >= 0.3 is 0 Å². The van der Waals surface area contributed by atoms with Crippen LogP contribution in [-0.4, -0.2) is 53.3 Å². The first-order valence-corrected chi connectivity index (χ1v) is 8.22. The fraction of sp³-hybridized carbons (Fsp3) is 0.389. The van der Waals surface area contributed by atoms with Gasteiger partial charge in [0.1, 0.15) is 0 Å². The Balaban J connectivity index is 1.93. The number of likely N-dealkylation sites (tertiary alicyclic amines) is 1. The molecule has 1 amide bonds. The van der Waals surface area contributed by atoms with Crippen LogP contribution in [0, 0.1) is 5.41 Å². The van der Waals surface area contributed by atoms with E-state index in [1.165, 1.54) is 25.3 Å². The van der Waals surface area contributed by atoms with E-state index in [2.05, 4.69) is 15.2 Å². The van der Waals surface area contributed by atoms with Crippen molar-refractivity contribution >= 4 is 17.7 Å². The molecule has 1 saturated heterocycles. The minimum atomic E-state index is -0.345. The zero-order chi connectivity index (χ0) is 17.2. The van der Waals surface area contributed by atoms with Crippen LogP contribution in [0.15, 0.2) is 42.4 Å². The van der Waals surface area contributed by atoms with Crippen molar-refractivity contribution in [2.75, 3.05) is 26.2 Å². The number of hydrogen-bond donors (Lipinski definition) is 3. The molecule has 0 spiro atoms. The van der Waals surface area contributed by atoms with Gasteiger partial charge in [0.25, 0.3) is 5.91 Å². The zero-order valence-corrected chi connectivity index (χ0v) is 13.7. The topological polar surface area (TPSA) is 89.3 Å². The molecule has 0 atom stereocenters. The average Bonchev–Trinajstić information content (AvgIpc) is 2.64. The molecule has 6 nitrogen and oxygen atoms in total. The predicted octanol–water partition coefficient (Wildman–Crippen LogP) is 2.16. The normalized spacial score (nSPS) is 16.7. The highest BCUT2D eigenvalue weighted by molar-refractivity contribution is 6.11. The first-order valence-electron chi connectivity index (χ1n) is 8.22. The van der Waals surface area contributed by atoms with Crippen molar-refractivity contribution in [2.45, 2.75) is 19.3 Å². The molecule has 3 N–H and O–H groups in total. The molecule has 2 rings (SSSR count). The van der Waals surface area contributed by atoms with Crippen molar-refractivity contribution in [3.63, 3.8) is 0 Å². The summed E-state index contributed by atoms with van der Waals surface area (Å²) in [5, 5.41) is 19.7. The second-order valence-corrected chi connectivity index (χ2v) is 5.72. The maximum absolute atomic E-state index is 12.2. The summed E-state index contributed by atoms with van der Waals surface area (Å²) in [5.41, 5.74) is 1.42. The summed E-state index contributed by atoms with van der Waals surface area (Å²) < 4.78 is 0. The minimum Gasteiger partial charge on any atom is -0.515 e. The molecule has 2 heterocycles. The number of nitrogens with zero attached hydrogens (tertiary/aromatic N) is 2. The van der Waals surface area contributed by atoms with E-state index in [4.69, 9.17) is 5.41 Å². The van der Waals surface area contributed by atoms with Gasteiger partial charge < -0.3 is 20.7 Å². The van der Waals surface area contributed by atoms with E-state index in [1.807, 2.05) is 0 Å². The largest absolute Gasteiger partial charge is 0.515 e. The van der Waals surface area contributed by atoms with Gasteiger partial charge in [0.15, 0.2) is 0 Å². The molecule has 0 aliphatic carbocycles. The Morgan fingerprint density at radius 2 is 2.00 bits per heavy atom. The van der Waals surface area contributed by atoms with Crippen LogP contribution in [-0.2, 0) is 4.79 Å². The van der Waals surface area contributed by atoms with Crippen LogP contribution in [0.4, 0.5) is 0 Å². The van der Waals surface area contributed by atoms with Crippen molar-refractivity contribution in [1.29, 1.82) is 5.41 Å². The lowest BCUT2D eigenvalue weighted by atomic mass is 10.1. The Bertz CT molecular complexity index is 605. The number of aromatic nitrogens is 1. The molecule has 0 bridgehead atoms. The third kappa shape index (κ3) is 5.31.